The van der Waals surface area contributed by atoms with E-state index in [0.29, 0.717) is 11.4 Å². The van der Waals surface area contributed by atoms with E-state index < -0.39 is 11.9 Å². The van der Waals surface area contributed by atoms with Crippen LogP contribution in [0.4, 0.5) is 23.0 Å². The van der Waals surface area contributed by atoms with Gasteiger partial charge in [-0.25, -0.2) is 9.59 Å². The summed E-state index contributed by atoms with van der Waals surface area (Å²) in [6.07, 6.45) is 2.56. The molecule has 2 amide bonds. The Morgan fingerprint density at radius 1 is 0.738 bits per heavy atom. The van der Waals surface area contributed by atoms with Gasteiger partial charge in [-0.05, 0) is 38.1 Å². The Hall–Kier alpha value is -5.68. The summed E-state index contributed by atoms with van der Waals surface area (Å²) in [7, 11) is 3.07. The molecular weight excluding hydrogens is 552 g/mol. The summed E-state index contributed by atoms with van der Waals surface area (Å²) in [6.45, 7) is 3.50. The molecule has 1 aromatic carbocycles. The molecule has 0 unspecified atom stereocenters. The fraction of sp³-hybridized carbons (Fsp3) is 0.333. The SMILES string of the molecule is CCOC(=O)c1cn[nH]c1/N=N/N(C)CC(=O)Nc1ccc(NC(=O)CN(C)/N=N/c2[nH]ncc2C(=O)OCC)cc1. The van der Waals surface area contributed by atoms with Crippen LogP contribution in [0.3, 0.4) is 0 Å². The van der Waals surface area contributed by atoms with E-state index in [9.17, 15) is 19.2 Å². The fourth-order valence-corrected chi connectivity index (χ4v) is 3.19. The number of aromatic nitrogens is 4. The van der Waals surface area contributed by atoms with Crippen molar-refractivity contribution in [2.75, 3.05) is 51.0 Å². The summed E-state index contributed by atoms with van der Waals surface area (Å²) < 4.78 is 9.84. The first kappa shape index (κ1) is 30.9. The summed E-state index contributed by atoms with van der Waals surface area (Å²) in [5, 5.41) is 36.2. The van der Waals surface area contributed by atoms with Crippen molar-refractivity contribution in [3.05, 3.63) is 47.8 Å². The number of nitrogens with one attached hydrogen (secondary N) is 4. The first-order valence-electron chi connectivity index (χ1n) is 12.6. The largest absolute Gasteiger partial charge is 0.462 e. The predicted molar refractivity (Wildman–Crippen MR) is 147 cm³/mol. The van der Waals surface area contributed by atoms with Crippen molar-refractivity contribution in [1.29, 1.82) is 0 Å². The van der Waals surface area contributed by atoms with Crippen LogP contribution in [0.1, 0.15) is 34.6 Å². The highest BCUT2D eigenvalue weighted by Crippen LogP contribution is 2.18. The number of carbonyl (C=O) groups is 4. The number of carbonyl (C=O) groups excluding carboxylic acids is 4. The second-order valence-corrected chi connectivity index (χ2v) is 8.39. The molecule has 3 rings (SSSR count). The molecule has 0 aliphatic carbocycles. The number of anilines is 2. The number of H-pyrrole nitrogens is 2. The maximum Gasteiger partial charge on any atom is 0.343 e. The van der Waals surface area contributed by atoms with Gasteiger partial charge in [0, 0.05) is 25.5 Å². The fourth-order valence-electron chi connectivity index (χ4n) is 3.19. The number of hydrogen-bond donors (Lipinski definition) is 4. The van der Waals surface area contributed by atoms with Gasteiger partial charge in [0.15, 0.2) is 11.6 Å². The molecule has 222 valence electrons. The van der Waals surface area contributed by atoms with Crippen molar-refractivity contribution in [1.82, 2.24) is 30.4 Å². The van der Waals surface area contributed by atoms with Crippen LogP contribution in [0, 0.1) is 0 Å². The van der Waals surface area contributed by atoms with Gasteiger partial charge in [-0.3, -0.25) is 29.8 Å². The molecular formula is C24H30N12O6. The molecule has 0 saturated carbocycles. The van der Waals surface area contributed by atoms with Crippen molar-refractivity contribution >= 4 is 46.8 Å². The molecule has 4 N–H and O–H groups in total. The molecule has 2 heterocycles. The van der Waals surface area contributed by atoms with Crippen LogP contribution in [-0.4, -0.2) is 94.6 Å². The van der Waals surface area contributed by atoms with Gasteiger partial charge in [-0.15, -0.1) is 10.2 Å². The van der Waals surface area contributed by atoms with Gasteiger partial charge in [0.1, 0.15) is 24.2 Å². The summed E-state index contributed by atoms with van der Waals surface area (Å²) in [4.78, 5) is 48.6. The molecule has 0 aliphatic rings. The molecule has 18 nitrogen and oxygen atoms in total. The molecule has 0 fully saturated rings. The molecule has 0 bridgehead atoms. The van der Waals surface area contributed by atoms with Crippen molar-refractivity contribution < 1.29 is 28.7 Å². The monoisotopic (exact) mass is 582 g/mol. The zero-order chi connectivity index (χ0) is 30.5. The van der Waals surface area contributed by atoms with Gasteiger partial charge < -0.3 is 20.1 Å². The Labute approximate surface area is 239 Å². The zero-order valence-electron chi connectivity index (χ0n) is 23.3. The number of ether oxygens (including phenoxy) is 2. The van der Waals surface area contributed by atoms with Gasteiger partial charge in [0.2, 0.25) is 11.8 Å². The van der Waals surface area contributed by atoms with E-state index in [0.717, 1.165) is 0 Å². The summed E-state index contributed by atoms with van der Waals surface area (Å²) >= 11 is 0. The van der Waals surface area contributed by atoms with Crippen molar-refractivity contribution in [3.63, 3.8) is 0 Å². The van der Waals surface area contributed by atoms with Crippen LogP contribution in [0.5, 0.6) is 0 Å². The molecule has 3 aromatic rings. The molecule has 0 atom stereocenters. The number of esters is 2. The van der Waals surface area contributed by atoms with Crippen LogP contribution in [0.15, 0.2) is 57.3 Å². The third-order valence-corrected chi connectivity index (χ3v) is 5.02. The number of rotatable bonds is 14. The minimum Gasteiger partial charge on any atom is -0.462 e. The summed E-state index contributed by atoms with van der Waals surface area (Å²) in [6, 6.07) is 6.46. The molecule has 0 aliphatic heterocycles. The number of aromatic amines is 2. The maximum absolute atomic E-state index is 12.4. The molecule has 0 saturated heterocycles. The third-order valence-electron chi connectivity index (χ3n) is 5.02. The molecule has 0 radical (unpaired) electrons. The van der Waals surface area contributed by atoms with E-state index in [1.807, 2.05) is 0 Å². The van der Waals surface area contributed by atoms with Gasteiger partial charge in [-0.1, -0.05) is 10.4 Å². The van der Waals surface area contributed by atoms with Crippen molar-refractivity contribution in [3.8, 4) is 0 Å². The second-order valence-electron chi connectivity index (χ2n) is 8.39. The predicted octanol–water partition coefficient (Wildman–Crippen LogP) is 2.62. The first-order chi connectivity index (χ1) is 20.2. The lowest BCUT2D eigenvalue weighted by atomic mass is 10.2. The van der Waals surface area contributed by atoms with E-state index in [1.165, 1.54) is 36.5 Å². The van der Waals surface area contributed by atoms with Gasteiger partial charge in [0.05, 0.1) is 25.6 Å². The van der Waals surface area contributed by atoms with Crippen LogP contribution in [0.2, 0.25) is 0 Å². The summed E-state index contributed by atoms with van der Waals surface area (Å²) in [5.74, 6) is -1.72. The quantitative estimate of drug-likeness (QED) is 0.123. The molecule has 18 heteroatoms. The smallest absolute Gasteiger partial charge is 0.343 e. The highest BCUT2D eigenvalue weighted by molar-refractivity contribution is 5.95. The molecule has 42 heavy (non-hydrogen) atoms. The molecule has 2 aromatic heterocycles. The van der Waals surface area contributed by atoms with Crippen LogP contribution >= 0.6 is 0 Å². The van der Waals surface area contributed by atoms with E-state index in [1.54, 1.807) is 38.1 Å². The summed E-state index contributed by atoms with van der Waals surface area (Å²) in [5.41, 5.74) is 1.23. The zero-order valence-corrected chi connectivity index (χ0v) is 23.3. The number of nitrogens with zero attached hydrogens (tertiary/aromatic N) is 8. The minimum atomic E-state index is -0.589. The Bertz CT molecular complexity index is 1320. The highest BCUT2D eigenvalue weighted by Gasteiger charge is 2.16. The van der Waals surface area contributed by atoms with E-state index in [2.05, 4.69) is 51.7 Å². The van der Waals surface area contributed by atoms with E-state index in [4.69, 9.17) is 9.47 Å². The van der Waals surface area contributed by atoms with Crippen LogP contribution in [0.25, 0.3) is 0 Å². The third kappa shape index (κ3) is 9.21. The van der Waals surface area contributed by atoms with Crippen molar-refractivity contribution in [2.24, 2.45) is 20.7 Å². The Morgan fingerprint density at radius 3 is 1.48 bits per heavy atom. The topological polar surface area (TPSA) is 224 Å². The first-order valence-corrected chi connectivity index (χ1v) is 12.6. The van der Waals surface area contributed by atoms with Crippen LogP contribution < -0.4 is 10.6 Å². The van der Waals surface area contributed by atoms with Gasteiger partial charge in [-0.2, -0.15) is 10.2 Å². The normalized spacial score (nSPS) is 11.0. The van der Waals surface area contributed by atoms with Gasteiger partial charge >= 0.3 is 11.9 Å². The molecule has 0 spiro atoms. The minimum absolute atomic E-state index is 0.105. The van der Waals surface area contributed by atoms with Gasteiger partial charge in [0.25, 0.3) is 0 Å². The average molecular weight is 583 g/mol. The van der Waals surface area contributed by atoms with Crippen molar-refractivity contribution in [2.45, 2.75) is 13.8 Å². The van der Waals surface area contributed by atoms with E-state index >= 15 is 0 Å². The van der Waals surface area contributed by atoms with Crippen LogP contribution in [-0.2, 0) is 19.1 Å². The number of amides is 2. The van der Waals surface area contributed by atoms with E-state index in [-0.39, 0.29) is 60.9 Å². The average Bonchev–Trinajstić information content (AvgIpc) is 3.62. The maximum atomic E-state index is 12.4. The Balaban J connectivity index is 1.45. The number of hydrogen-bond acceptors (Lipinski definition) is 12. The standard InChI is InChI=1S/C24H30N12O6/c1-5-41-23(39)17-11-25-29-21(17)31-33-35(3)13-19(37)27-15-7-9-16(10-8-15)28-20(38)14-36(4)34-32-22-18(12-26-30-22)24(40)42-6-2/h7-12H,5-6,13-14H2,1-4H3,(H,25,29)(H,26,30)(H,27,37)(H,28,38)/b33-31+,34-32+. The second kappa shape index (κ2) is 15.2. The lowest BCUT2D eigenvalue weighted by molar-refractivity contribution is -0.118. The Kier molecular flexibility index (Phi) is 11.2. The highest BCUT2D eigenvalue weighted by atomic mass is 16.5. The Morgan fingerprint density at radius 2 is 1.12 bits per heavy atom. The lowest BCUT2D eigenvalue weighted by Gasteiger charge is -2.13. The lowest BCUT2D eigenvalue weighted by Crippen LogP contribution is -2.27. The number of likely N-dealkylation sites (N-methyl/N-ethyl adjacent to an activating group) is 2. The number of benzene rings is 1.